The monoisotopic (exact) mass is 564 g/mol. The summed E-state index contributed by atoms with van der Waals surface area (Å²) in [5.41, 5.74) is 2.49. The Hall–Kier alpha value is -2.07. The van der Waals surface area contributed by atoms with E-state index >= 15 is 0 Å². The van der Waals surface area contributed by atoms with E-state index in [2.05, 4.69) is 60.7 Å². The van der Waals surface area contributed by atoms with Gasteiger partial charge in [-0.25, -0.2) is 4.98 Å². The molecule has 33 heavy (non-hydrogen) atoms. The molecule has 4 rings (SSSR count). The predicted molar refractivity (Wildman–Crippen MR) is 146 cm³/mol. The van der Waals surface area contributed by atoms with Gasteiger partial charge in [-0.2, -0.15) is 0 Å². The molecule has 2 saturated heterocycles. The van der Waals surface area contributed by atoms with Crippen molar-refractivity contribution in [3.63, 3.8) is 0 Å². The fourth-order valence-electron chi connectivity index (χ4n) is 4.65. The van der Waals surface area contributed by atoms with Crippen molar-refractivity contribution in [1.29, 1.82) is 0 Å². The van der Waals surface area contributed by atoms with Crippen LogP contribution in [0.3, 0.4) is 0 Å². The number of halogens is 1. The Morgan fingerprint density at radius 1 is 1.06 bits per heavy atom. The van der Waals surface area contributed by atoms with Crippen molar-refractivity contribution in [2.75, 3.05) is 51.8 Å². The van der Waals surface area contributed by atoms with Gasteiger partial charge in [0, 0.05) is 39.4 Å². The Bertz CT molecular complexity index is 896. The van der Waals surface area contributed by atoms with Crippen LogP contribution in [0, 0.1) is 0 Å². The molecule has 8 heteroatoms. The lowest BCUT2D eigenvalue weighted by molar-refractivity contribution is 0.245. The minimum absolute atomic E-state index is 0. The minimum Gasteiger partial charge on any atom is -0.497 e. The average Bonchev–Trinajstić information content (AvgIpc) is 3.56. The maximum absolute atomic E-state index is 5.46. The molecule has 180 valence electrons. The van der Waals surface area contributed by atoms with Crippen molar-refractivity contribution < 1.29 is 4.74 Å². The molecule has 0 saturated carbocycles. The van der Waals surface area contributed by atoms with Crippen LogP contribution in [0.25, 0.3) is 0 Å². The molecule has 2 aromatic rings. The molecule has 2 fully saturated rings. The first-order valence-electron chi connectivity index (χ1n) is 11.8. The van der Waals surface area contributed by atoms with Crippen LogP contribution < -0.4 is 20.3 Å². The number of aliphatic imine (C=N–C) groups is 1. The number of rotatable bonds is 8. The van der Waals surface area contributed by atoms with Crippen LogP contribution in [0.5, 0.6) is 5.75 Å². The van der Waals surface area contributed by atoms with Gasteiger partial charge in [-0.05, 0) is 74.2 Å². The van der Waals surface area contributed by atoms with Crippen molar-refractivity contribution >= 4 is 35.8 Å². The summed E-state index contributed by atoms with van der Waals surface area (Å²) >= 11 is 0. The Morgan fingerprint density at radius 2 is 1.82 bits per heavy atom. The van der Waals surface area contributed by atoms with E-state index in [0.29, 0.717) is 0 Å². The summed E-state index contributed by atoms with van der Waals surface area (Å²) in [4.78, 5) is 13.9. The fraction of sp³-hybridized carbons (Fsp3) is 0.520. The molecule has 2 N–H and O–H groups in total. The number of methoxy groups -OCH3 is 1. The van der Waals surface area contributed by atoms with Crippen molar-refractivity contribution in [2.45, 2.75) is 38.3 Å². The molecule has 0 aliphatic carbocycles. The molecular weight excluding hydrogens is 527 g/mol. The lowest BCUT2D eigenvalue weighted by atomic mass is 10.1. The summed E-state index contributed by atoms with van der Waals surface area (Å²) in [5.74, 6) is 2.80. The first-order valence-corrected chi connectivity index (χ1v) is 11.8. The van der Waals surface area contributed by atoms with E-state index < -0.39 is 0 Å². The highest BCUT2D eigenvalue weighted by molar-refractivity contribution is 14.0. The molecule has 0 spiro atoms. The molecule has 2 aliphatic rings. The number of hydrogen-bond donors (Lipinski definition) is 2. The van der Waals surface area contributed by atoms with Gasteiger partial charge in [-0.3, -0.25) is 9.89 Å². The SMILES string of the molecule is CN=C(NCc1ccnc(N2CCCC2)c1)NCC(c1cccc(OC)c1)N1CCCC1.I. The van der Waals surface area contributed by atoms with Crippen LogP contribution in [-0.2, 0) is 6.54 Å². The van der Waals surface area contributed by atoms with E-state index in [4.69, 9.17) is 4.74 Å². The van der Waals surface area contributed by atoms with Crippen LogP contribution >= 0.6 is 24.0 Å². The highest BCUT2D eigenvalue weighted by Crippen LogP contribution is 2.27. The zero-order chi connectivity index (χ0) is 22.2. The molecule has 1 aromatic heterocycles. The van der Waals surface area contributed by atoms with Crippen molar-refractivity contribution in [1.82, 2.24) is 20.5 Å². The Labute approximate surface area is 215 Å². The minimum atomic E-state index is 0. The van der Waals surface area contributed by atoms with Gasteiger partial charge >= 0.3 is 0 Å². The van der Waals surface area contributed by atoms with Crippen LogP contribution in [0.2, 0.25) is 0 Å². The van der Waals surface area contributed by atoms with E-state index in [1.807, 2.05) is 19.3 Å². The Kier molecular flexibility index (Phi) is 10.1. The normalized spacial score (nSPS) is 17.5. The number of nitrogens with zero attached hydrogens (tertiary/aromatic N) is 4. The standard InChI is InChI=1S/C25H36N6O.HI/c1-26-25(28-18-20-10-11-27-24(16-20)31-14-5-6-15-31)29-19-23(30-12-3-4-13-30)21-8-7-9-22(17-21)32-2;/h7-11,16-17,23H,3-6,12-15,18-19H2,1-2H3,(H2,26,28,29);1H. The topological polar surface area (TPSA) is 65.0 Å². The third-order valence-corrected chi connectivity index (χ3v) is 6.45. The molecule has 1 aromatic carbocycles. The molecule has 0 radical (unpaired) electrons. The number of anilines is 1. The smallest absolute Gasteiger partial charge is 0.191 e. The summed E-state index contributed by atoms with van der Waals surface area (Å²) in [6.07, 6.45) is 6.94. The number of aromatic nitrogens is 1. The van der Waals surface area contributed by atoms with E-state index in [-0.39, 0.29) is 30.0 Å². The van der Waals surface area contributed by atoms with Crippen molar-refractivity contribution in [3.05, 3.63) is 53.7 Å². The van der Waals surface area contributed by atoms with Crippen LogP contribution in [0.4, 0.5) is 5.82 Å². The van der Waals surface area contributed by atoms with Crippen LogP contribution in [0.1, 0.15) is 42.9 Å². The summed E-state index contributed by atoms with van der Waals surface area (Å²) in [5, 5.41) is 7.03. The van der Waals surface area contributed by atoms with Gasteiger partial charge in [0.1, 0.15) is 11.6 Å². The molecule has 0 bridgehead atoms. The highest BCUT2D eigenvalue weighted by atomic mass is 127. The number of hydrogen-bond acceptors (Lipinski definition) is 5. The second kappa shape index (κ2) is 13.0. The van der Waals surface area contributed by atoms with Gasteiger partial charge in [0.25, 0.3) is 0 Å². The Balaban J connectivity index is 0.00000306. The second-order valence-corrected chi connectivity index (χ2v) is 8.56. The zero-order valence-corrected chi connectivity index (χ0v) is 22.1. The maximum atomic E-state index is 5.46. The molecule has 3 heterocycles. The number of pyridine rings is 1. The van der Waals surface area contributed by atoms with Gasteiger partial charge < -0.3 is 20.3 Å². The van der Waals surface area contributed by atoms with Gasteiger partial charge in [0.05, 0.1) is 13.2 Å². The van der Waals surface area contributed by atoms with E-state index in [9.17, 15) is 0 Å². The van der Waals surface area contributed by atoms with Crippen molar-refractivity contribution in [2.24, 2.45) is 4.99 Å². The first kappa shape index (κ1) is 25.6. The zero-order valence-electron chi connectivity index (χ0n) is 19.8. The third kappa shape index (κ3) is 6.96. The van der Waals surface area contributed by atoms with Gasteiger partial charge in [-0.15, -0.1) is 24.0 Å². The summed E-state index contributed by atoms with van der Waals surface area (Å²) in [7, 11) is 3.55. The van der Waals surface area contributed by atoms with Gasteiger partial charge in [-0.1, -0.05) is 12.1 Å². The number of nitrogens with one attached hydrogen (secondary N) is 2. The molecule has 1 atom stereocenters. The number of likely N-dealkylation sites (tertiary alicyclic amines) is 1. The Morgan fingerprint density at radius 3 is 2.55 bits per heavy atom. The van der Waals surface area contributed by atoms with Crippen LogP contribution in [0.15, 0.2) is 47.6 Å². The third-order valence-electron chi connectivity index (χ3n) is 6.45. The number of ether oxygens (including phenoxy) is 1. The molecule has 7 nitrogen and oxygen atoms in total. The van der Waals surface area contributed by atoms with Gasteiger partial charge in [0.2, 0.25) is 0 Å². The lowest BCUT2D eigenvalue weighted by Gasteiger charge is -2.29. The first-order chi connectivity index (χ1) is 15.8. The number of guanidine groups is 1. The van der Waals surface area contributed by atoms with E-state index in [1.54, 1.807) is 7.11 Å². The molecule has 0 amide bonds. The molecule has 1 unspecified atom stereocenters. The average molecular weight is 565 g/mol. The van der Waals surface area contributed by atoms with E-state index in [0.717, 1.165) is 56.8 Å². The molecular formula is C25H37IN6O. The maximum Gasteiger partial charge on any atom is 0.191 e. The highest BCUT2D eigenvalue weighted by Gasteiger charge is 2.24. The number of benzene rings is 1. The fourth-order valence-corrected chi connectivity index (χ4v) is 4.65. The summed E-state index contributed by atoms with van der Waals surface area (Å²) in [6, 6.07) is 13.0. The predicted octanol–water partition coefficient (Wildman–Crippen LogP) is 3.81. The summed E-state index contributed by atoms with van der Waals surface area (Å²) < 4.78 is 5.46. The molecule has 2 aliphatic heterocycles. The lowest BCUT2D eigenvalue weighted by Crippen LogP contribution is -2.42. The van der Waals surface area contributed by atoms with Crippen molar-refractivity contribution in [3.8, 4) is 5.75 Å². The van der Waals surface area contributed by atoms with Gasteiger partial charge in [0.15, 0.2) is 5.96 Å². The summed E-state index contributed by atoms with van der Waals surface area (Å²) in [6.45, 7) is 5.99. The van der Waals surface area contributed by atoms with E-state index in [1.165, 1.54) is 36.8 Å². The second-order valence-electron chi connectivity index (χ2n) is 8.56. The quantitative estimate of drug-likeness (QED) is 0.289. The van der Waals surface area contributed by atoms with Crippen LogP contribution in [-0.4, -0.2) is 62.7 Å². The largest absolute Gasteiger partial charge is 0.497 e.